The Labute approximate surface area is 149 Å². The van der Waals surface area contributed by atoms with E-state index in [-0.39, 0.29) is 0 Å². The zero-order chi connectivity index (χ0) is 17.0. The predicted molar refractivity (Wildman–Crippen MR) is 99.7 cm³/mol. The molecule has 0 saturated carbocycles. The number of rotatable bonds is 1. The third kappa shape index (κ3) is 2.33. The molecule has 0 fully saturated rings. The Bertz CT molecular complexity index is 1130. The summed E-state index contributed by atoms with van der Waals surface area (Å²) >= 11 is 6.07. The van der Waals surface area contributed by atoms with Gasteiger partial charge in [0, 0.05) is 40.7 Å². The van der Waals surface area contributed by atoms with E-state index in [1.165, 1.54) is 0 Å². The standard InChI is InChI=1S/C20H15ClN2O2/c1-23-11-15(14-9-19-20(10-18(14)23)25-7-6-24-19)17-4-2-12-8-13(21)3-5-16(12)22-17/h2-5,8-11H,6-7H2,1H3. The Hall–Kier alpha value is -2.72. The topological polar surface area (TPSA) is 36.3 Å². The van der Waals surface area contributed by atoms with Gasteiger partial charge in [0.25, 0.3) is 0 Å². The molecule has 1 aliphatic rings. The smallest absolute Gasteiger partial charge is 0.163 e. The summed E-state index contributed by atoms with van der Waals surface area (Å²) < 4.78 is 13.5. The number of nitrogens with zero attached hydrogens (tertiary/aromatic N) is 2. The molecule has 124 valence electrons. The Kier molecular flexibility index (Phi) is 3.15. The van der Waals surface area contributed by atoms with Crippen molar-refractivity contribution in [1.29, 1.82) is 0 Å². The van der Waals surface area contributed by atoms with Crippen molar-refractivity contribution in [3.63, 3.8) is 0 Å². The highest BCUT2D eigenvalue weighted by atomic mass is 35.5. The zero-order valence-corrected chi connectivity index (χ0v) is 14.4. The highest BCUT2D eigenvalue weighted by Crippen LogP contribution is 2.39. The van der Waals surface area contributed by atoms with Crippen LogP contribution in [-0.4, -0.2) is 22.8 Å². The SMILES string of the molecule is Cn1cc(-c2ccc3cc(Cl)ccc3n2)c2cc3c(cc21)OCCO3. The van der Waals surface area contributed by atoms with E-state index in [1.807, 2.05) is 43.4 Å². The zero-order valence-electron chi connectivity index (χ0n) is 13.6. The summed E-state index contributed by atoms with van der Waals surface area (Å²) in [4.78, 5) is 4.82. The second kappa shape index (κ2) is 5.39. The first-order valence-corrected chi connectivity index (χ1v) is 8.52. The number of halogens is 1. The van der Waals surface area contributed by atoms with Crippen LogP contribution >= 0.6 is 11.6 Å². The minimum Gasteiger partial charge on any atom is -0.486 e. The van der Waals surface area contributed by atoms with Crippen molar-refractivity contribution < 1.29 is 9.47 Å². The van der Waals surface area contributed by atoms with Crippen molar-refractivity contribution in [2.75, 3.05) is 13.2 Å². The molecule has 5 rings (SSSR count). The summed E-state index contributed by atoms with van der Waals surface area (Å²) in [6.45, 7) is 1.17. The fraction of sp³-hybridized carbons (Fsp3) is 0.150. The minimum atomic E-state index is 0.579. The quantitative estimate of drug-likeness (QED) is 0.494. The van der Waals surface area contributed by atoms with Crippen LogP contribution in [-0.2, 0) is 7.05 Å². The molecule has 4 aromatic rings. The molecule has 0 amide bonds. The molecular weight excluding hydrogens is 336 g/mol. The molecule has 5 heteroatoms. The number of fused-ring (bicyclic) bond motifs is 3. The third-order valence-corrected chi connectivity index (χ3v) is 4.82. The summed E-state index contributed by atoms with van der Waals surface area (Å²) in [6.07, 6.45) is 2.10. The van der Waals surface area contributed by atoms with Gasteiger partial charge < -0.3 is 14.0 Å². The Morgan fingerprint density at radius 3 is 2.64 bits per heavy atom. The van der Waals surface area contributed by atoms with Crippen molar-refractivity contribution in [2.24, 2.45) is 7.05 Å². The van der Waals surface area contributed by atoms with Gasteiger partial charge in [0.1, 0.15) is 13.2 Å². The van der Waals surface area contributed by atoms with Crippen LogP contribution in [0.3, 0.4) is 0 Å². The number of pyridine rings is 1. The van der Waals surface area contributed by atoms with Gasteiger partial charge in [-0.2, -0.15) is 0 Å². The van der Waals surface area contributed by atoms with Crippen LogP contribution in [0.4, 0.5) is 0 Å². The molecule has 0 N–H and O–H groups in total. The van der Waals surface area contributed by atoms with Gasteiger partial charge >= 0.3 is 0 Å². The van der Waals surface area contributed by atoms with Gasteiger partial charge in [0.15, 0.2) is 11.5 Å². The Morgan fingerprint density at radius 2 is 1.80 bits per heavy atom. The summed E-state index contributed by atoms with van der Waals surface area (Å²) in [6, 6.07) is 13.9. The molecule has 2 aromatic heterocycles. The van der Waals surface area contributed by atoms with Gasteiger partial charge in [-0.15, -0.1) is 0 Å². The van der Waals surface area contributed by atoms with Crippen molar-refractivity contribution in [3.05, 3.63) is 53.7 Å². The molecule has 0 atom stereocenters. The first kappa shape index (κ1) is 14.6. The van der Waals surface area contributed by atoms with Crippen molar-refractivity contribution in [2.45, 2.75) is 0 Å². The number of aromatic nitrogens is 2. The van der Waals surface area contributed by atoms with E-state index in [2.05, 4.69) is 16.8 Å². The largest absolute Gasteiger partial charge is 0.486 e. The monoisotopic (exact) mass is 350 g/mol. The lowest BCUT2D eigenvalue weighted by Gasteiger charge is -2.18. The molecule has 0 radical (unpaired) electrons. The normalized spacial score (nSPS) is 13.5. The Balaban J connectivity index is 1.73. The van der Waals surface area contributed by atoms with Crippen molar-refractivity contribution in [1.82, 2.24) is 9.55 Å². The molecule has 3 heterocycles. The second-order valence-corrected chi connectivity index (χ2v) is 6.64. The maximum Gasteiger partial charge on any atom is 0.163 e. The molecule has 25 heavy (non-hydrogen) atoms. The van der Waals surface area contributed by atoms with Crippen LogP contribution in [0.1, 0.15) is 0 Å². The van der Waals surface area contributed by atoms with E-state index in [0.29, 0.717) is 13.2 Å². The van der Waals surface area contributed by atoms with E-state index in [4.69, 9.17) is 26.1 Å². The van der Waals surface area contributed by atoms with E-state index < -0.39 is 0 Å². The molecule has 0 saturated heterocycles. The van der Waals surface area contributed by atoms with Gasteiger partial charge in [-0.25, -0.2) is 4.98 Å². The molecule has 4 nitrogen and oxygen atoms in total. The van der Waals surface area contributed by atoms with E-state index in [9.17, 15) is 0 Å². The minimum absolute atomic E-state index is 0.579. The molecule has 0 aliphatic carbocycles. The summed E-state index contributed by atoms with van der Waals surface area (Å²) in [5.74, 6) is 1.59. The van der Waals surface area contributed by atoms with Gasteiger partial charge in [-0.1, -0.05) is 17.7 Å². The molecule has 0 spiro atoms. The van der Waals surface area contributed by atoms with E-state index >= 15 is 0 Å². The van der Waals surface area contributed by atoms with E-state index in [1.54, 1.807) is 0 Å². The maximum atomic E-state index is 6.07. The number of aryl methyl sites for hydroxylation is 1. The van der Waals surface area contributed by atoms with Gasteiger partial charge in [0.05, 0.1) is 16.7 Å². The second-order valence-electron chi connectivity index (χ2n) is 6.20. The number of ether oxygens (including phenoxy) is 2. The van der Waals surface area contributed by atoms with Crippen LogP contribution in [0.25, 0.3) is 33.1 Å². The highest BCUT2D eigenvalue weighted by molar-refractivity contribution is 6.31. The third-order valence-electron chi connectivity index (χ3n) is 4.58. The fourth-order valence-electron chi connectivity index (χ4n) is 3.37. The average molecular weight is 351 g/mol. The Morgan fingerprint density at radius 1 is 1.00 bits per heavy atom. The first-order valence-electron chi connectivity index (χ1n) is 8.14. The van der Waals surface area contributed by atoms with Crippen LogP contribution in [0.2, 0.25) is 5.02 Å². The lowest BCUT2D eigenvalue weighted by Crippen LogP contribution is -2.15. The predicted octanol–water partition coefficient (Wildman–Crippen LogP) is 4.82. The lowest BCUT2D eigenvalue weighted by atomic mass is 10.1. The molecule has 0 unspecified atom stereocenters. The van der Waals surface area contributed by atoms with Gasteiger partial charge in [0.2, 0.25) is 0 Å². The van der Waals surface area contributed by atoms with E-state index in [0.717, 1.165) is 49.6 Å². The molecule has 2 aromatic carbocycles. The lowest BCUT2D eigenvalue weighted by molar-refractivity contribution is 0.172. The number of hydrogen-bond donors (Lipinski definition) is 0. The fourth-order valence-corrected chi connectivity index (χ4v) is 3.55. The van der Waals surface area contributed by atoms with Crippen molar-refractivity contribution >= 4 is 33.4 Å². The van der Waals surface area contributed by atoms with Crippen molar-refractivity contribution in [3.8, 4) is 22.8 Å². The summed E-state index contributed by atoms with van der Waals surface area (Å²) in [5.41, 5.74) is 4.03. The van der Waals surface area contributed by atoms with Gasteiger partial charge in [-0.3, -0.25) is 0 Å². The first-order chi connectivity index (χ1) is 12.2. The molecular formula is C20H15ClN2O2. The van der Waals surface area contributed by atoms with Gasteiger partial charge in [-0.05, 0) is 30.3 Å². The van der Waals surface area contributed by atoms with Crippen LogP contribution in [0.15, 0.2) is 48.7 Å². The van der Waals surface area contributed by atoms with Crippen LogP contribution in [0.5, 0.6) is 11.5 Å². The molecule has 1 aliphatic heterocycles. The number of benzene rings is 2. The van der Waals surface area contributed by atoms with Crippen LogP contribution < -0.4 is 9.47 Å². The number of hydrogen-bond acceptors (Lipinski definition) is 3. The summed E-state index contributed by atoms with van der Waals surface area (Å²) in [5, 5.41) is 2.86. The van der Waals surface area contributed by atoms with Crippen LogP contribution in [0, 0.1) is 0 Å². The highest BCUT2D eigenvalue weighted by Gasteiger charge is 2.18. The average Bonchev–Trinajstić information content (AvgIpc) is 2.95. The summed E-state index contributed by atoms with van der Waals surface area (Å²) in [7, 11) is 2.03. The molecule has 0 bridgehead atoms. The maximum absolute atomic E-state index is 6.07.